The van der Waals surface area contributed by atoms with Crippen molar-refractivity contribution >= 4 is 23.5 Å². The molecule has 7 heteroatoms. The van der Waals surface area contributed by atoms with Crippen LogP contribution in [0.3, 0.4) is 0 Å². The van der Waals surface area contributed by atoms with Gasteiger partial charge in [0.2, 0.25) is 0 Å². The number of aromatic hydroxyl groups is 1. The molecule has 0 heterocycles. The maximum absolute atomic E-state index is 12.4. The summed E-state index contributed by atoms with van der Waals surface area (Å²) in [5, 5.41) is 21.8. The number of carbonyl (C=O) groups is 3. The highest BCUT2D eigenvalue weighted by Crippen LogP contribution is 2.24. The van der Waals surface area contributed by atoms with Crippen LogP contribution in [0.5, 0.6) is 11.5 Å². The second-order valence-corrected chi connectivity index (χ2v) is 5.74. The molecule has 3 aromatic carbocycles. The zero-order valence-electron chi connectivity index (χ0n) is 14.5. The van der Waals surface area contributed by atoms with Crippen molar-refractivity contribution in [1.29, 1.82) is 0 Å². The van der Waals surface area contributed by atoms with Gasteiger partial charge in [-0.1, -0.05) is 30.3 Å². The number of esters is 1. The molecular formula is C21H15NO6. The number of carboxylic acid groups (broad SMARTS) is 1. The van der Waals surface area contributed by atoms with Crippen LogP contribution in [0.25, 0.3) is 0 Å². The Kier molecular flexibility index (Phi) is 5.36. The minimum atomic E-state index is -1.23. The number of ether oxygens (including phenoxy) is 1. The molecule has 140 valence electrons. The van der Waals surface area contributed by atoms with Crippen molar-refractivity contribution in [2.75, 3.05) is 5.32 Å². The van der Waals surface area contributed by atoms with E-state index >= 15 is 0 Å². The predicted octanol–water partition coefficient (Wildman–Crippen LogP) is 3.56. The van der Waals surface area contributed by atoms with E-state index < -0.39 is 17.8 Å². The van der Waals surface area contributed by atoms with Gasteiger partial charge in [0, 0.05) is 11.8 Å². The van der Waals surface area contributed by atoms with Crippen LogP contribution >= 0.6 is 0 Å². The van der Waals surface area contributed by atoms with Crippen LogP contribution in [0.1, 0.15) is 31.1 Å². The van der Waals surface area contributed by atoms with Gasteiger partial charge < -0.3 is 20.3 Å². The Bertz CT molecular complexity index is 1050. The first-order valence-corrected chi connectivity index (χ1v) is 8.19. The van der Waals surface area contributed by atoms with Gasteiger partial charge in [-0.15, -0.1) is 0 Å². The Morgan fingerprint density at radius 1 is 0.786 bits per heavy atom. The van der Waals surface area contributed by atoms with Crippen LogP contribution < -0.4 is 10.1 Å². The monoisotopic (exact) mass is 377 g/mol. The summed E-state index contributed by atoms with van der Waals surface area (Å²) in [5.41, 5.74) is -0.0546. The number of nitrogens with one attached hydrogen (secondary N) is 1. The highest BCUT2D eigenvalue weighted by Gasteiger charge is 2.18. The molecule has 28 heavy (non-hydrogen) atoms. The quantitative estimate of drug-likeness (QED) is 0.463. The maximum Gasteiger partial charge on any atom is 0.347 e. The third-order valence-corrected chi connectivity index (χ3v) is 3.83. The molecule has 0 aliphatic heterocycles. The van der Waals surface area contributed by atoms with Gasteiger partial charge in [-0.25, -0.2) is 9.59 Å². The molecule has 3 aromatic rings. The minimum Gasteiger partial charge on any atom is -0.507 e. The molecule has 0 atom stereocenters. The van der Waals surface area contributed by atoms with Gasteiger partial charge in [-0.2, -0.15) is 0 Å². The number of phenolic OH excluding ortho intramolecular Hbond substituents is 1. The number of phenols is 1. The van der Waals surface area contributed by atoms with E-state index in [-0.39, 0.29) is 28.1 Å². The summed E-state index contributed by atoms with van der Waals surface area (Å²) in [6.07, 6.45) is 0. The van der Waals surface area contributed by atoms with Crippen LogP contribution in [-0.4, -0.2) is 28.1 Å². The van der Waals surface area contributed by atoms with Crippen molar-refractivity contribution in [3.63, 3.8) is 0 Å². The topological polar surface area (TPSA) is 113 Å². The number of anilines is 1. The number of aromatic carboxylic acids is 1. The fourth-order valence-electron chi connectivity index (χ4n) is 2.50. The normalized spacial score (nSPS) is 10.1. The molecule has 1 amide bonds. The number of hydrogen-bond acceptors (Lipinski definition) is 5. The smallest absolute Gasteiger partial charge is 0.347 e. The van der Waals surface area contributed by atoms with Gasteiger partial charge in [0.25, 0.3) is 5.91 Å². The zero-order valence-corrected chi connectivity index (χ0v) is 14.5. The minimum absolute atomic E-state index is 0.0259. The lowest BCUT2D eigenvalue weighted by Gasteiger charge is -2.10. The van der Waals surface area contributed by atoms with Gasteiger partial charge in [-0.05, 0) is 36.4 Å². The highest BCUT2D eigenvalue weighted by atomic mass is 16.5. The lowest BCUT2D eigenvalue weighted by molar-refractivity contribution is 0.0690. The fraction of sp³-hybridized carbons (Fsp3) is 0. The van der Waals surface area contributed by atoms with Gasteiger partial charge in [-0.3, -0.25) is 4.79 Å². The number of para-hydroxylation sites is 1. The molecule has 0 spiro atoms. The first-order valence-electron chi connectivity index (χ1n) is 8.19. The molecule has 0 saturated carbocycles. The fourth-order valence-corrected chi connectivity index (χ4v) is 2.50. The Labute approximate surface area is 159 Å². The van der Waals surface area contributed by atoms with Crippen LogP contribution in [-0.2, 0) is 0 Å². The molecular weight excluding hydrogens is 362 g/mol. The molecule has 0 aliphatic carbocycles. The van der Waals surface area contributed by atoms with E-state index in [1.54, 1.807) is 36.4 Å². The van der Waals surface area contributed by atoms with Gasteiger partial charge in [0.15, 0.2) is 0 Å². The largest absolute Gasteiger partial charge is 0.507 e. The molecule has 0 aliphatic rings. The zero-order chi connectivity index (χ0) is 20.1. The Morgan fingerprint density at radius 2 is 1.43 bits per heavy atom. The molecule has 0 aromatic heterocycles. The highest BCUT2D eigenvalue weighted by molar-refractivity contribution is 6.10. The van der Waals surface area contributed by atoms with Crippen LogP contribution in [0, 0.1) is 0 Å². The molecule has 7 nitrogen and oxygen atoms in total. The van der Waals surface area contributed by atoms with E-state index in [1.807, 2.05) is 0 Å². The van der Waals surface area contributed by atoms with Crippen molar-refractivity contribution in [1.82, 2.24) is 0 Å². The Morgan fingerprint density at radius 3 is 2.07 bits per heavy atom. The number of amides is 1. The Balaban J connectivity index is 1.77. The van der Waals surface area contributed by atoms with Crippen LogP contribution in [0.15, 0.2) is 72.8 Å². The van der Waals surface area contributed by atoms with Gasteiger partial charge >= 0.3 is 11.9 Å². The third-order valence-electron chi connectivity index (χ3n) is 3.83. The summed E-state index contributed by atoms with van der Waals surface area (Å²) >= 11 is 0. The Hall–Kier alpha value is -4.13. The lowest BCUT2D eigenvalue weighted by atomic mass is 10.1. The molecule has 0 radical (unpaired) electrons. The van der Waals surface area contributed by atoms with E-state index in [9.17, 15) is 24.6 Å². The summed E-state index contributed by atoms with van der Waals surface area (Å²) in [7, 11) is 0. The number of carboxylic acids is 1. The standard InChI is InChI=1S/C21H15NO6/c23-18-12-13(22-19(24)15-8-4-5-9-16(15)20(25)26)10-11-17(18)21(27)28-14-6-2-1-3-7-14/h1-12,23H,(H,22,24)(H,25,26). The first-order chi connectivity index (χ1) is 13.5. The first kappa shape index (κ1) is 18.7. The van der Waals surface area contributed by atoms with E-state index in [1.165, 1.54) is 36.4 Å². The molecule has 0 bridgehead atoms. The second kappa shape index (κ2) is 8.05. The molecule has 0 unspecified atom stereocenters. The van der Waals surface area contributed by atoms with Gasteiger partial charge in [0.1, 0.15) is 17.1 Å². The lowest BCUT2D eigenvalue weighted by Crippen LogP contribution is -2.16. The van der Waals surface area contributed by atoms with Crippen molar-refractivity contribution in [3.05, 3.63) is 89.5 Å². The number of carbonyl (C=O) groups excluding carboxylic acids is 2. The second-order valence-electron chi connectivity index (χ2n) is 5.74. The third kappa shape index (κ3) is 4.16. The van der Waals surface area contributed by atoms with E-state index in [4.69, 9.17) is 4.74 Å². The summed E-state index contributed by atoms with van der Waals surface area (Å²) in [5.74, 6) is -2.69. The molecule has 3 rings (SSSR count). The van der Waals surface area contributed by atoms with Crippen molar-refractivity contribution in [3.8, 4) is 11.5 Å². The van der Waals surface area contributed by atoms with E-state index in [2.05, 4.69) is 5.32 Å². The van der Waals surface area contributed by atoms with Crippen molar-refractivity contribution in [2.45, 2.75) is 0 Å². The predicted molar refractivity (Wildman–Crippen MR) is 101 cm³/mol. The summed E-state index contributed by atoms with van der Waals surface area (Å²) in [6.45, 7) is 0. The van der Waals surface area contributed by atoms with Crippen LogP contribution in [0.4, 0.5) is 5.69 Å². The van der Waals surface area contributed by atoms with Crippen LogP contribution in [0.2, 0.25) is 0 Å². The summed E-state index contributed by atoms with van der Waals surface area (Å²) in [6, 6.07) is 18.0. The van der Waals surface area contributed by atoms with E-state index in [0.29, 0.717) is 5.75 Å². The maximum atomic E-state index is 12.4. The van der Waals surface area contributed by atoms with E-state index in [0.717, 1.165) is 0 Å². The number of hydrogen-bond donors (Lipinski definition) is 3. The van der Waals surface area contributed by atoms with Crippen molar-refractivity contribution in [2.24, 2.45) is 0 Å². The van der Waals surface area contributed by atoms with Gasteiger partial charge in [0.05, 0.1) is 11.1 Å². The molecule has 3 N–H and O–H groups in total. The SMILES string of the molecule is O=C(Oc1ccccc1)c1ccc(NC(=O)c2ccccc2C(=O)O)cc1O. The van der Waals surface area contributed by atoms with Crippen molar-refractivity contribution < 1.29 is 29.3 Å². The average Bonchev–Trinajstić information content (AvgIpc) is 2.68. The number of rotatable bonds is 5. The molecule has 0 saturated heterocycles. The number of benzene rings is 3. The molecule has 0 fully saturated rings. The summed E-state index contributed by atoms with van der Waals surface area (Å²) < 4.78 is 5.16. The average molecular weight is 377 g/mol. The summed E-state index contributed by atoms with van der Waals surface area (Å²) in [4.78, 5) is 35.8.